The molecule has 5 heteroatoms. The van der Waals surface area contributed by atoms with Crippen molar-refractivity contribution in [2.24, 2.45) is 0 Å². The van der Waals surface area contributed by atoms with Crippen LogP contribution in [0.4, 0.5) is 10.1 Å². The standard InChI is InChI=1S/C14H17FN2O2/c1-3-13(18)16-8-9-17(14(19)10(16)2)12-6-4-11(15)5-7-12/h4-7,10H,3,8-9H2,1-2H3. The molecule has 1 atom stereocenters. The highest BCUT2D eigenvalue weighted by molar-refractivity contribution is 6.00. The van der Waals surface area contributed by atoms with Crippen molar-refractivity contribution in [2.75, 3.05) is 18.0 Å². The number of amides is 2. The number of piperazine rings is 1. The SMILES string of the molecule is CCC(=O)N1CCN(c2ccc(F)cc2)C(=O)C1C. The maximum atomic E-state index is 12.9. The maximum Gasteiger partial charge on any atom is 0.249 e. The number of rotatable bonds is 2. The smallest absolute Gasteiger partial charge is 0.249 e. The first-order valence-corrected chi connectivity index (χ1v) is 6.41. The molecule has 0 bridgehead atoms. The van der Waals surface area contributed by atoms with Gasteiger partial charge in [0.1, 0.15) is 11.9 Å². The Labute approximate surface area is 111 Å². The van der Waals surface area contributed by atoms with Crippen LogP contribution in [0, 0.1) is 5.82 Å². The zero-order chi connectivity index (χ0) is 14.0. The molecule has 1 heterocycles. The monoisotopic (exact) mass is 264 g/mol. The van der Waals surface area contributed by atoms with Crippen LogP contribution in [0.25, 0.3) is 0 Å². The second-order valence-electron chi connectivity index (χ2n) is 4.58. The van der Waals surface area contributed by atoms with E-state index in [9.17, 15) is 14.0 Å². The molecule has 2 amide bonds. The molecule has 1 saturated heterocycles. The van der Waals surface area contributed by atoms with Crippen molar-refractivity contribution in [3.63, 3.8) is 0 Å². The molecule has 0 aliphatic carbocycles. The predicted molar refractivity (Wildman–Crippen MR) is 70.2 cm³/mol. The first kappa shape index (κ1) is 13.5. The fraction of sp³-hybridized carbons (Fsp3) is 0.429. The van der Waals surface area contributed by atoms with E-state index < -0.39 is 6.04 Å². The largest absolute Gasteiger partial charge is 0.329 e. The van der Waals surface area contributed by atoms with Gasteiger partial charge in [-0.15, -0.1) is 0 Å². The van der Waals surface area contributed by atoms with Crippen LogP contribution < -0.4 is 4.90 Å². The summed E-state index contributed by atoms with van der Waals surface area (Å²) in [7, 11) is 0. The summed E-state index contributed by atoms with van der Waals surface area (Å²) in [5, 5.41) is 0. The van der Waals surface area contributed by atoms with Gasteiger partial charge in [0.25, 0.3) is 0 Å². The van der Waals surface area contributed by atoms with Gasteiger partial charge in [-0.1, -0.05) is 6.92 Å². The predicted octanol–water partition coefficient (Wildman–Crippen LogP) is 1.80. The van der Waals surface area contributed by atoms with Crippen LogP contribution in [0.1, 0.15) is 20.3 Å². The summed E-state index contributed by atoms with van der Waals surface area (Å²) in [6.07, 6.45) is 0.397. The third-order valence-corrected chi connectivity index (χ3v) is 3.42. The van der Waals surface area contributed by atoms with Gasteiger partial charge in [-0.3, -0.25) is 9.59 Å². The summed E-state index contributed by atoms with van der Waals surface area (Å²) in [6, 6.07) is 5.36. The van der Waals surface area contributed by atoms with E-state index in [0.29, 0.717) is 25.2 Å². The molecular weight excluding hydrogens is 247 g/mol. The summed E-state index contributed by atoms with van der Waals surface area (Å²) in [5.41, 5.74) is 0.668. The summed E-state index contributed by atoms with van der Waals surface area (Å²) in [5.74, 6) is -0.469. The van der Waals surface area contributed by atoms with E-state index >= 15 is 0 Å². The Hall–Kier alpha value is -1.91. The van der Waals surface area contributed by atoms with E-state index in [0.717, 1.165) is 0 Å². The van der Waals surface area contributed by atoms with E-state index in [1.807, 2.05) is 0 Å². The summed E-state index contributed by atoms with van der Waals surface area (Å²) in [6.45, 7) is 4.47. The van der Waals surface area contributed by atoms with E-state index in [1.165, 1.54) is 12.1 Å². The Morgan fingerprint density at radius 2 is 1.95 bits per heavy atom. The Bertz CT molecular complexity index is 487. The minimum absolute atomic E-state index is 0.0143. The number of hydrogen-bond acceptors (Lipinski definition) is 2. The molecule has 0 aromatic heterocycles. The quantitative estimate of drug-likeness (QED) is 0.817. The van der Waals surface area contributed by atoms with Crippen molar-refractivity contribution in [2.45, 2.75) is 26.3 Å². The highest BCUT2D eigenvalue weighted by atomic mass is 19.1. The lowest BCUT2D eigenvalue weighted by atomic mass is 10.1. The Morgan fingerprint density at radius 1 is 1.32 bits per heavy atom. The summed E-state index contributed by atoms with van der Waals surface area (Å²) < 4.78 is 12.9. The third-order valence-electron chi connectivity index (χ3n) is 3.42. The Kier molecular flexibility index (Phi) is 3.83. The van der Waals surface area contributed by atoms with Crippen LogP contribution in [0.3, 0.4) is 0 Å². The van der Waals surface area contributed by atoms with Gasteiger partial charge in [0.2, 0.25) is 11.8 Å². The molecule has 1 fully saturated rings. The van der Waals surface area contributed by atoms with Crippen molar-refractivity contribution in [3.8, 4) is 0 Å². The molecule has 0 N–H and O–H groups in total. The second kappa shape index (κ2) is 5.38. The highest BCUT2D eigenvalue weighted by Crippen LogP contribution is 2.21. The minimum Gasteiger partial charge on any atom is -0.329 e. The molecule has 102 valence electrons. The van der Waals surface area contributed by atoms with Crippen LogP contribution in [0.2, 0.25) is 0 Å². The number of hydrogen-bond donors (Lipinski definition) is 0. The molecule has 2 rings (SSSR count). The van der Waals surface area contributed by atoms with Gasteiger partial charge in [0.15, 0.2) is 0 Å². The molecule has 1 unspecified atom stereocenters. The molecular formula is C14H17FN2O2. The number of carbonyl (C=O) groups excluding carboxylic acids is 2. The highest BCUT2D eigenvalue weighted by Gasteiger charge is 2.34. The molecule has 0 spiro atoms. The Balaban J connectivity index is 2.17. The van der Waals surface area contributed by atoms with Gasteiger partial charge in [0.05, 0.1) is 0 Å². The van der Waals surface area contributed by atoms with Gasteiger partial charge in [-0.25, -0.2) is 4.39 Å². The lowest BCUT2D eigenvalue weighted by Gasteiger charge is -2.39. The van der Waals surface area contributed by atoms with Crippen LogP contribution in [0.15, 0.2) is 24.3 Å². The van der Waals surface area contributed by atoms with E-state index in [2.05, 4.69) is 0 Å². The molecule has 1 aromatic carbocycles. The Morgan fingerprint density at radius 3 is 2.53 bits per heavy atom. The van der Waals surface area contributed by atoms with Crippen molar-refractivity contribution >= 4 is 17.5 Å². The fourth-order valence-corrected chi connectivity index (χ4v) is 2.29. The van der Waals surface area contributed by atoms with Crippen LogP contribution in [-0.4, -0.2) is 35.8 Å². The molecule has 0 saturated carbocycles. The summed E-state index contributed by atoms with van der Waals surface area (Å²) in [4.78, 5) is 27.2. The number of halogens is 1. The van der Waals surface area contributed by atoms with E-state index in [4.69, 9.17) is 0 Å². The molecule has 19 heavy (non-hydrogen) atoms. The van der Waals surface area contributed by atoms with Crippen LogP contribution >= 0.6 is 0 Å². The molecule has 1 aliphatic rings. The number of anilines is 1. The molecule has 1 aromatic rings. The second-order valence-corrected chi connectivity index (χ2v) is 4.58. The van der Waals surface area contributed by atoms with Crippen LogP contribution in [-0.2, 0) is 9.59 Å². The number of benzene rings is 1. The zero-order valence-corrected chi connectivity index (χ0v) is 11.1. The lowest BCUT2D eigenvalue weighted by Crippen LogP contribution is -2.57. The van der Waals surface area contributed by atoms with Crippen molar-refractivity contribution in [3.05, 3.63) is 30.1 Å². The fourth-order valence-electron chi connectivity index (χ4n) is 2.29. The average Bonchev–Trinajstić information content (AvgIpc) is 2.42. The zero-order valence-electron chi connectivity index (χ0n) is 11.1. The normalized spacial score (nSPS) is 19.7. The third kappa shape index (κ3) is 2.59. The van der Waals surface area contributed by atoms with Gasteiger partial charge >= 0.3 is 0 Å². The van der Waals surface area contributed by atoms with Crippen LogP contribution in [0.5, 0.6) is 0 Å². The van der Waals surface area contributed by atoms with Gasteiger partial charge in [0, 0.05) is 25.2 Å². The van der Waals surface area contributed by atoms with Crippen molar-refractivity contribution < 1.29 is 14.0 Å². The van der Waals surface area contributed by atoms with Gasteiger partial charge < -0.3 is 9.80 Å². The van der Waals surface area contributed by atoms with Gasteiger partial charge in [-0.05, 0) is 31.2 Å². The molecule has 4 nitrogen and oxygen atoms in total. The maximum absolute atomic E-state index is 12.9. The average molecular weight is 264 g/mol. The molecule has 0 radical (unpaired) electrons. The number of nitrogens with zero attached hydrogens (tertiary/aromatic N) is 2. The summed E-state index contributed by atoms with van der Waals surface area (Å²) >= 11 is 0. The number of carbonyl (C=O) groups is 2. The first-order chi connectivity index (χ1) is 9.04. The minimum atomic E-state index is -0.466. The van der Waals surface area contributed by atoms with Crippen molar-refractivity contribution in [1.29, 1.82) is 0 Å². The molecule has 1 aliphatic heterocycles. The lowest BCUT2D eigenvalue weighted by molar-refractivity contribution is -0.140. The van der Waals surface area contributed by atoms with E-state index in [1.54, 1.807) is 35.8 Å². The first-order valence-electron chi connectivity index (χ1n) is 6.41. The van der Waals surface area contributed by atoms with Gasteiger partial charge in [-0.2, -0.15) is 0 Å². The topological polar surface area (TPSA) is 40.6 Å². The van der Waals surface area contributed by atoms with E-state index in [-0.39, 0.29) is 17.6 Å². The van der Waals surface area contributed by atoms with Crippen molar-refractivity contribution in [1.82, 2.24) is 4.90 Å².